The summed E-state index contributed by atoms with van der Waals surface area (Å²) in [7, 11) is 0. The van der Waals surface area contributed by atoms with Gasteiger partial charge in [-0.2, -0.15) is 0 Å². The van der Waals surface area contributed by atoms with Gasteiger partial charge in [0.05, 0.1) is 6.54 Å². The highest BCUT2D eigenvalue weighted by Gasteiger charge is 2.13. The van der Waals surface area contributed by atoms with Crippen LogP contribution in [0.3, 0.4) is 0 Å². The summed E-state index contributed by atoms with van der Waals surface area (Å²) >= 11 is 0. The molecule has 0 N–H and O–H groups in total. The molecule has 2 nitrogen and oxygen atoms in total. The van der Waals surface area contributed by atoms with Crippen LogP contribution in [0.1, 0.15) is 11.1 Å². The minimum absolute atomic E-state index is 0.706. The van der Waals surface area contributed by atoms with Crippen molar-refractivity contribution in [3.05, 3.63) is 47.5 Å². The molecular formula is C14H13NO. The molecule has 1 aliphatic heterocycles. The average Bonchev–Trinajstić information content (AvgIpc) is 2.82. The van der Waals surface area contributed by atoms with Crippen molar-refractivity contribution in [3.63, 3.8) is 0 Å². The molecule has 1 aliphatic rings. The number of hydrogen-bond donors (Lipinski definition) is 0. The lowest BCUT2D eigenvalue weighted by Crippen LogP contribution is -2.02. The van der Waals surface area contributed by atoms with Gasteiger partial charge in [-0.3, -0.25) is 0 Å². The summed E-state index contributed by atoms with van der Waals surface area (Å²) in [5, 5.41) is 2.50. The quantitative estimate of drug-likeness (QED) is 0.710. The van der Waals surface area contributed by atoms with Crippen LogP contribution in [-0.2, 0) is 4.74 Å². The lowest BCUT2D eigenvalue weighted by atomic mass is 10.00. The molecule has 0 bridgehead atoms. The summed E-state index contributed by atoms with van der Waals surface area (Å²) in [5.41, 5.74) is 2.39. The molecule has 0 fully saturated rings. The highest BCUT2D eigenvalue weighted by atomic mass is 16.5. The second-order valence-corrected chi connectivity index (χ2v) is 4.01. The molecule has 0 saturated heterocycles. The summed E-state index contributed by atoms with van der Waals surface area (Å²) in [4.78, 5) is 4.39. The Morgan fingerprint density at radius 2 is 1.94 bits per heavy atom. The molecule has 3 rings (SSSR count). The maximum absolute atomic E-state index is 5.55. The highest BCUT2D eigenvalue weighted by Crippen LogP contribution is 2.24. The number of hydrogen-bond acceptors (Lipinski definition) is 2. The standard InChI is InChI=1S/C14H13NO/c1-10-4-2-5-11-6-3-7-12(13(10)11)14-15-8-9-16-14/h2-7H,8-9H2,1H3. The molecule has 0 unspecified atom stereocenters. The third kappa shape index (κ3) is 1.38. The lowest BCUT2D eigenvalue weighted by molar-refractivity contribution is 0.348. The van der Waals surface area contributed by atoms with Crippen molar-refractivity contribution in [1.82, 2.24) is 0 Å². The van der Waals surface area contributed by atoms with E-state index in [0.717, 1.165) is 18.0 Å². The zero-order valence-corrected chi connectivity index (χ0v) is 9.23. The van der Waals surface area contributed by atoms with Crippen LogP contribution < -0.4 is 0 Å². The Morgan fingerprint density at radius 1 is 1.12 bits per heavy atom. The first-order valence-electron chi connectivity index (χ1n) is 5.52. The van der Waals surface area contributed by atoms with Crippen molar-refractivity contribution in [1.29, 1.82) is 0 Å². The third-order valence-corrected chi connectivity index (χ3v) is 2.93. The Kier molecular flexibility index (Phi) is 2.13. The Bertz CT molecular complexity index is 567. The van der Waals surface area contributed by atoms with Crippen molar-refractivity contribution in [2.24, 2.45) is 4.99 Å². The van der Waals surface area contributed by atoms with Gasteiger partial charge in [0, 0.05) is 5.56 Å². The van der Waals surface area contributed by atoms with Gasteiger partial charge in [-0.1, -0.05) is 30.3 Å². The van der Waals surface area contributed by atoms with Crippen LogP contribution in [0.2, 0.25) is 0 Å². The second kappa shape index (κ2) is 3.63. The molecule has 16 heavy (non-hydrogen) atoms. The van der Waals surface area contributed by atoms with Crippen molar-refractivity contribution in [2.75, 3.05) is 13.2 Å². The smallest absolute Gasteiger partial charge is 0.216 e. The van der Waals surface area contributed by atoms with Gasteiger partial charge in [-0.15, -0.1) is 0 Å². The predicted molar refractivity (Wildman–Crippen MR) is 66.0 cm³/mol. The number of ether oxygens (including phenoxy) is 1. The van der Waals surface area contributed by atoms with E-state index in [4.69, 9.17) is 4.74 Å². The van der Waals surface area contributed by atoms with E-state index in [0.29, 0.717) is 6.61 Å². The summed E-state index contributed by atoms with van der Waals surface area (Å²) in [6, 6.07) is 12.6. The lowest BCUT2D eigenvalue weighted by Gasteiger charge is -2.08. The SMILES string of the molecule is Cc1cccc2cccc(C3=NCCO3)c12. The molecule has 0 amide bonds. The summed E-state index contributed by atoms with van der Waals surface area (Å²) in [5.74, 6) is 0.792. The van der Waals surface area contributed by atoms with Crippen molar-refractivity contribution in [2.45, 2.75) is 6.92 Å². The largest absolute Gasteiger partial charge is 0.475 e. The maximum Gasteiger partial charge on any atom is 0.216 e. The Hall–Kier alpha value is -1.83. The maximum atomic E-state index is 5.55. The number of rotatable bonds is 1. The third-order valence-electron chi connectivity index (χ3n) is 2.93. The van der Waals surface area contributed by atoms with Crippen molar-refractivity contribution < 1.29 is 4.74 Å². The van der Waals surface area contributed by atoms with Gasteiger partial charge in [0.1, 0.15) is 6.61 Å². The molecule has 0 aromatic heterocycles. The van der Waals surface area contributed by atoms with Gasteiger partial charge in [-0.25, -0.2) is 4.99 Å². The summed E-state index contributed by atoms with van der Waals surface area (Å²) < 4.78 is 5.55. The minimum atomic E-state index is 0.706. The van der Waals surface area contributed by atoms with Crippen LogP contribution in [0.15, 0.2) is 41.4 Å². The minimum Gasteiger partial charge on any atom is -0.475 e. The van der Waals surface area contributed by atoms with Gasteiger partial charge in [-0.05, 0) is 29.3 Å². The van der Waals surface area contributed by atoms with Gasteiger partial charge >= 0.3 is 0 Å². The fourth-order valence-electron chi connectivity index (χ4n) is 2.20. The van der Waals surface area contributed by atoms with E-state index in [1.807, 2.05) is 0 Å². The predicted octanol–water partition coefficient (Wildman–Crippen LogP) is 2.93. The molecule has 0 spiro atoms. The topological polar surface area (TPSA) is 21.6 Å². The fourth-order valence-corrected chi connectivity index (χ4v) is 2.20. The second-order valence-electron chi connectivity index (χ2n) is 4.01. The molecule has 2 heteroatoms. The van der Waals surface area contributed by atoms with E-state index in [1.54, 1.807) is 0 Å². The van der Waals surface area contributed by atoms with Crippen LogP contribution in [0, 0.1) is 6.92 Å². The first kappa shape index (κ1) is 9.40. The molecule has 80 valence electrons. The molecular weight excluding hydrogens is 198 g/mol. The number of aliphatic imine (C=N–C) groups is 1. The number of fused-ring (bicyclic) bond motifs is 1. The first-order chi connectivity index (χ1) is 7.86. The van der Waals surface area contributed by atoms with Gasteiger partial charge in [0.25, 0.3) is 0 Å². The van der Waals surface area contributed by atoms with Crippen molar-refractivity contribution >= 4 is 16.7 Å². The van der Waals surface area contributed by atoms with Gasteiger partial charge in [0.2, 0.25) is 5.90 Å². The molecule has 0 radical (unpaired) electrons. The van der Waals surface area contributed by atoms with E-state index in [9.17, 15) is 0 Å². The zero-order chi connectivity index (χ0) is 11.0. The van der Waals surface area contributed by atoms with Crippen LogP contribution >= 0.6 is 0 Å². The molecule has 0 aliphatic carbocycles. The summed E-state index contributed by atoms with van der Waals surface area (Å²) in [6.45, 7) is 3.61. The van der Waals surface area contributed by atoms with Crippen LogP contribution in [0.25, 0.3) is 10.8 Å². The fraction of sp³-hybridized carbons (Fsp3) is 0.214. The zero-order valence-electron chi connectivity index (χ0n) is 9.23. The van der Waals surface area contributed by atoms with Crippen LogP contribution in [0.5, 0.6) is 0 Å². The Morgan fingerprint density at radius 3 is 2.69 bits per heavy atom. The van der Waals surface area contributed by atoms with Crippen LogP contribution in [0.4, 0.5) is 0 Å². The average molecular weight is 211 g/mol. The van der Waals surface area contributed by atoms with E-state index in [-0.39, 0.29) is 0 Å². The monoisotopic (exact) mass is 211 g/mol. The van der Waals surface area contributed by atoms with E-state index >= 15 is 0 Å². The Balaban J connectivity index is 2.31. The first-order valence-corrected chi connectivity index (χ1v) is 5.52. The van der Waals surface area contributed by atoms with Gasteiger partial charge in [0.15, 0.2) is 0 Å². The van der Waals surface area contributed by atoms with Crippen LogP contribution in [-0.4, -0.2) is 19.0 Å². The number of aryl methyl sites for hydroxylation is 1. The number of benzene rings is 2. The molecule has 2 aromatic rings. The normalized spacial score (nSPS) is 14.9. The number of nitrogens with zero attached hydrogens (tertiary/aromatic N) is 1. The molecule has 1 heterocycles. The summed E-state index contributed by atoms with van der Waals surface area (Å²) in [6.07, 6.45) is 0. The highest BCUT2D eigenvalue weighted by molar-refractivity contribution is 6.08. The van der Waals surface area contributed by atoms with E-state index in [1.165, 1.54) is 16.3 Å². The van der Waals surface area contributed by atoms with Gasteiger partial charge < -0.3 is 4.74 Å². The molecule has 0 saturated carbocycles. The molecule has 0 atom stereocenters. The Labute approximate surface area is 94.6 Å². The van der Waals surface area contributed by atoms with E-state index in [2.05, 4.69) is 48.3 Å². The van der Waals surface area contributed by atoms with Crippen molar-refractivity contribution in [3.8, 4) is 0 Å². The molecule has 2 aromatic carbocycles. The van der Waals surface area contributed by atoms with E-state index < -0.39 is 0 Å².